The van der Waals surface area contributed by atoms with E-state index >= 15 is 0 Å². The number of fused-ring (bicyclic) bond motifs is 1. The van der Waals surface area contributed by atoms with Crippen LogP contribution in [0.1, 0.15) is 18.1 Å². The van der Waals surface area contributed by atoms with E-state index in [0.717, 1.165) is 30.0 Å². The van der Waals surface area contributed by atoms with Gasteiger partial charge in [-0.25, -0.2) is 0 Å². The molecular formula is C18H21NO2. The third kappa shape index (κ3) is 2.97. The third-order valence-corrected chi connectivity index (χ3v) is 3.89. The largest absolute Gasteiger partial charge is 0.493 e. The molecule has 0 amide bonds. The minimum atomic E-state index is 0.449. The lowest BCUT2D eigenvalue weighted by atomic mass is 10.1. The van der Waals surface area contributed by atoms with E-state index in [4.69, 9.17) is 9.47 Å². The molecule has 0 saturated heterocycles. The van der Waals surface area contributed by atoms with Crippen molar-refractivity contribution in [3.8, 4) is 11.5 Å². The fourth-order valence-electron chi connectivity index (χ4n) is 2.93. The van der Waals surface area contributed by atoms with Crippen molar-refractivity contribution in [2.75, 3.05) is 19.0 Å². The highest BCUT2D eigenvalue weighted by atomic mass is 16.5. The topological polar surface area (TPSA) is 30.5 Å². The van der Waals surface area contributed by atoms with Gasteiger partial charge in [0.15, 0.2) is 11.5 Å². The molecule has 0 spiro atoms. The number of methoxy groups -OCH3 is 1. The summed E-state index contributed by atoms with van der Waals surface area (Å²) in [4.78, 5) is 0. The lowest BCUT2D eigenvalue weighted by Gasteiger charge is -2.16. The number of ether oxygens (including phenoxy) is 2. The van der Waals surface area contributed by atoms with Gasteiger partial charge in [0.1, 0.15) is 0 Å². The predicted molar refractivity (Wildman–Crippen MR) is 85.4 cm³/mol. The molecule has 3 nitrogen and oxygen atoms in total. The minimum Gasteiger partial charge on any atom is -0.493 e. The van der Waals surface area contributed by atoms with Crippen molar-refractivity contribution in [1.29, 1.82) is 0 Å². The van der Waals surface area contributed by atoms with E-state index in [1.54, 1.807) is 7.11 Å². The zero-order valence-corrected chi connectivity index (χ0v) is 12.6. The van der Waals surface area contributed by atoms with Crippen molar-refractivity contribution >= 4 is 5.69 Å². The van der Waals surface area contributed by atoms with Gasteiger partial charge in [0, 0.05) is 17.8 Å². The zero-order valence-electron chi connectivity index (χ0n) is 12.6. The fraction of sp³-hybridized carbons (Fsp3) is 0.333. The highest BCUT2D eigenvalue weighted by Gasteiger charge is 2.20. The molecule has 0 radical (unpaired) electrons. The molecule has 21 heavy (non-hydrogen) atoms. The van der Waals surface area contributed by atoms with E-state index in [2.05, 4.69) is 35.6 Å². The smallest absolute Gasteiger partial charge is 0.162 e. The molecule has 0 unspecified atom stereocenters. The van der Waals surface area contributed by atoms with Gasteiger partial charge in [-0.05, 0) is 43.0 Å². The number of rotatable bonds is 5. The molecule has 2 aromatic carbocycles. The molecule has 0 bridgehead atoms. The van der Waals surface area contributed by atoms with Crippen molar-refractivity contribution in [3.05, 3.63) is 53.6 Å². The first-order chi connectivity index (χ1) is 10.3. The Morgan fingerprint density at radius 3 is 2.38 bits per heavy atom. The summed E-state index contributed by atoms with van der Waals surface area (Å²) in [7, 11) is 1.67. The second-order valence-corrected chi connectivity index (χ2v) is 5.32. The molecule has 0 fully saturated rings. The van der Waals surface area contributed by atoms with E-state index < -0.39 is 0 Å². The van der Waals surface area contributed by atoms with Crippen LogP contribution >= 0.6 is 0 Å². The number of hydrogen-bond acceptors (Lipinski definition) is 3. The second-order valence-electron chi connectivity index (χ2n) is 5.32. The van der Waals surface area contributed by atoms with Gasteiger partial charge >= 0.3 is 0 Å². The number of anilines is 1. The second kappa shape index (κ2) is 6.08. The van der Waals surface area contributed by atoms with Gasteiger partial charge < -0.3 is 14.8 Å². The van der Waals surface area contributed by atoms with E-state index in [-0.39, 0.29) is 0 Å². The molecule has 0 heterocycles. The summed E-state index contributed by atoms with van der Waals surface area (Å²) in [6.07, 6.45) is 2.15. The first kappa shape index (κ1) is 13.8. The van der Waals surface area contributed by atoms with Gasteiger partial charge in [-0.15, -0.1) is 0 Å². The molecule has 0 saturated carbocycles. The Labute approximate surface area is 125 Å². The number of nitrogens with one attached hydrogen (secondary N) is 1. The first-order valence-electron chi connectivity index (χ1n) is 7.44. The Morgan fingerprint density at radius 2 is 1.76 bits per heavy atom. The molecule has 1 aliphatic carbocycles. The van der Waals surface area contributed by atoms with Gasteiger partial charge in [0.2, 0.25) is 0 Å². The molecule has 2 aromatic rings. The molecule has 110 valence electrons. The van der Waals surface area contributed by atoms with Crippen LogP contribution in [0.25, 0.3) is 0 Å². The molecule has 0 aliphatic heterocycles. The lowest BCUT2D eigenvalue weighted by Crippen LogP contribution is -2.19. The summed E-state index contributed by atoms with van der Waals surface area (Å²) in [5, 5.41) is 3.60. The Morgan fingerprint density at radius 1 is 1.05 bits per heavy atom. The van der Waals surface area contributed by atoms with Gasteiger partial charge in [-0.3, -0.25) is 0 Å². The quantitative estimate of drug-likeness (QED) is 0.908. The Kier molecular flexibility index (Phi) is 4.00. The van der Waals surface area contributed by atoms with Gasteiger partial charge in [0.05, 0.1) is 13.7 Å². The fourth-order valence-corrected chi connectivity index (χ4v) is 2.93. The maximum atomic E-state index is 5.55. The normalized spacial score (nSPS) is 13.8. The van der Waals surface area contributed by atoms with Crippen molar-refractivity contribution in [2.45, 2.75) is 25.8 Å². The van der Waals surface area contributed by atoms with E-state index in [1.807, 2.05) is 19.1 Å². The van der Waals surface area contributed by atoms with Crippen molar-refractivity contribution in [3.63, 3.8) is 0 Å². The van der Waals surface area contributed by atoms with Crippen molar-refractivity contribution in [1.82, 2.24) is 0 Å². The van der Waals surface area contributed by atoms with Crippen LogP contribution in [0, 0.1) is 0 Å². The Hall–Kier alpha value is -2.16. The Balaban J connectivity index is 1.72. The van der Waals surface area contributed by atoms with Crippen LogP contribution in [0.3, 0.4) is 0 Å². The molecule has 0 atom stereocenters. The van der Waals surface area contributed by atoms with Crippen molar-refractivity contribution < 1.29 is 9.47 Å². The molecular weight excluding hydrogens is 262 g/mol. The maximum Gasteiger partial charge on any atom is 0.162 e. The zero-order chi connectivity index (χ0) is 14.7. The summed E-state index contributed by atoms with van der Waals surface area (Å²) in [5.74, 6) is 1.57. The van der Waals surface area contributed by atoms with E-state index in [9.17, 15) is 0 Å². The average Bonchev–Trinajstić information content (AvgIpc) is 2.91. The van der Waals surface area contributed by atoms with Crippen LogP contribution in [0.5, 0.6) is 11.5 Å². The predicted octanol–water partition coefficient (Wildman–Crippen LogP) is 3.67. The van der Waals surface area contributed by atoms with Crippen LogP contribution in [0.4, 0.5) is 5.69 Å². The van der Waals surface area contributed by atoms with Crippen LogP contribution < -0.4 is 14.8 Å². The average molecular weight is 283 g/mol. The maximum absolute atomic E-state index is 5.55. The van der Waals surface area contributed by atoms with Crippen LogP contribution in [-0.4, -0.2) is 19.8 Å². The van der Waals surface area contributed by atoms with Gasteiger partial charge in [0.25, 0.3) is 0 Å². The summed E-state index contributed by atoms with van der Waals surface area (Å²) < 4.78 is 11.0. The summed E-state index contributed by atoms with van der Waals surface area (Å²) >= 11 is 0. The standard InChI is InChI=1S/C18H21NO2/c1-3-21-17-9-8-15(12-18(17)20-2)19-16-10-13-6-4-5-7-14(13)11-16/h4-9,12,16,19H,3,10-11H2,1-2H3. The first-order valence-corrected chi connectivity index (χ1v) is 7.44. The molecule has 1 aliphatic rings. The van der Waals surface area contributed by atoms with Gasteiger partial charge in [-0.1, -0.05) is 24.3 Å². The van der Waals surface area contributed by atoms with Crippen LogP contribution in [0.2, 0.25) is 0 Å². The molecule has 3 rings (SSSR count). The summed E-state index contributed by atoms with van der Waals surface area (Å²) in [5.41, 5.74) is 3.98. The summed E-state index contributed by atoms with van der Waals surface area (Å²) in [6, 6.07) is 15.1. The SMILES string of the molecule is CCOc1ccc(NC2Cc3ccccc3C2)cc1OC. The van der Waals surface area contributed by atoms with E-state index in [1.165, 1.54) is 11.1 Å². The lowest BCUT2D eigenvalue weighted by molar-refractivity contribution is 0.311. The Bertz CT molecular complexity index is 599. The van der Waals surface area contributed by atoms with E-state index in [0.29, 0.717) is 12.6 Å². The highest BCUT2D eigenvalue weighted by Crippen LogP contribution is 2.32. The van der Waals surface area contributed by atoms with Crippen LogP contribution in [0.15, 0.2) is 42.5 Å². The monoisotopic (exact) mass is 283 g/mol. The van der Waals surface area contributed by atoms with Gasteiger partial charge in [-0.2, -0.15) is 0 Å². The summed E-state index contributed by atoms with van der Waals surface area (Å²) in [6.45, 7) is 2.61. The number of benzene rings is 2. The molecule has 0 aromatic heterocycles. The third-order valence-electron chi connectivity index (χ3n) is 3.89. The minimum absolute atomic E-state index is 0.449. The molecule has 3 heteroatoms. The highest BCUT2D eigenvalue weighted by molar-refractivity contribution is 5.56. The number of hydrogen-bond donors (Lipinski definition) is 1. The van der Waals surface area contributed by atoms with Crippen molar-refractivity contribution in [2.24, 2.45) is 0 Å². The van der Waals surface area contributed by atoms with Crippen LogP contribution in [-0.2, 0) is 12.8 Å². The molecule has 1 N–H and O–H groups in total.